The predicted molar refractivity (Wildman–Crippen MR) is 107 cm³/mol. The summed E-state index contributed by atoms with van der Waals surface area (Å²) >= 11 is 0. The van der Waals surface area contributed by atoms with E-state index in [1.54, 1.807) is 29.2 Å². The summed E-state index contributed by atoms with van der Waals surface area (Å²) in [5, 5.41) is 0.491. The summed E-state index contributed by atoms with van der Waals surface area (Å²) < 4.78 is 11.6. The molecule has 1 aromatic heterocycles. The first kappa shape index (κ1) is 18.4. The van der Waals surface area contributed by atoms with E-state index in [9.17, 15) is 9.59 Å². The molecule has 0 spiro atoms. The summed E-state index contributed by atoms with van der Waals surface area (Å²) in [7, 11) is 0. The molecular weight excluding hydrogens is 354 g/mol. The number of nitrogens with zero attached hydrogens (tertiary/aromatic N) is 1. The molecule has 1 saturated heterocycles. The van der Waals surface area contributed by atoms with Gasteiger partial charge in [0, 0.05) is 19.2 Å². The van der Waals surface area contributed by atoms with Crippen LogP contribution in [0.1, 0.15) is 29.0 Å². The third kappa shape index (κ3) is 4.15. The van der Waals surface area contributed by atoms with Gasteiger partial charge in [0.1, 0.15) is 5.58 Å². The molecule has 144 valence electrons. The van der Waals surface area contributed by atoms with Gasteiger partial charge >= 0.3 is 0 Å². The van der Waals surface area contributed by atoms with E-state index >= 15 is 0 Å². The molecule has 3 aromatic rings. The van der Waals surface area contributed by atoms with Crippen molar-refractivity contribution in [1.82, 2.24) is 4.90 Å². The van der Waals surface area contributed by atoms with Crippen LogP contribution in [0.5, 0.6) is 0 Å². The van der Waals surface area contributed by atoms with Crippen molar-refractivity contribution in [2.45, 2.75) is 19.4 Å². The topological polar surface area (TPSA) is 59.8 Å². The summed E-state index contributed by atoms with van der Waals surface area (Å²) in [4.78, 5) is 26.9. The van der Waals surface area contributed by atoms with Crippen LogP contribution in [0.2, 0.25) is 0 Å². The van der Waals surface area contributed by atoms with E-state index in [4.69, 9.17) is 9.15 Å². The quantitative estimate of drug-likeness (QED) is 0.677. The zero-order valence-corrected chi connectivity index (χ0v) is 15.7. The summed E-state index contributed by atoms with van der Waals surface area (Å²) in [6, 6.07) is 18.4. The van der Waals surface area contributed by atoms with Gasteiger partial charge in [0.05, 0.1) is 18.6 Å². The molecule has 0 bridgehead atoms. The molecule has 1 aliphatic heterocycles. The van der Waals surface area contributed by atoms with E-state index in [1.165, 1.54) is 6.07 Å². The Balaban J connectivity index is 1.40. The first-order valence-electron chi connectivity index (χ1n) is 9.64. The molecule has 28 heavy (non-hydrogen) atoms. The Hall–Kier alpha value is -2.92. The minimum absolute atomic E-state index is 0.106. The smallest absolute Gasteiger partial charge is 0.289 e. The number of carbonyl (C=O) groups is 1. The van der Waals surface area contributed by atoms with Crippen LogP contribution < -0.4 is 5.43 Å². The van der Waals surface area contributed by atoms with Crippen molar-refractivity contribution >= 4 is 16.9 Å². The van der Waals surface area contributed by atoms with E-state index < -0.39 is 0 Å². The number of piperidine rings is 1. The van der Waals surface area contributed by atoms with Gasteiger partial charge in [-0.05, 0) is 36.5 Å². The Morgan fingerprint density at radius 2 is 1.89 bits per heavy atom. The van der Waals surface area contributed by atoms with Crippen molar-refractivity contribution in [2.75, 3.05) is 19.7 Å². The maximum Gasteiger partial charge on any atom is 0.289 e. The van der Waals surface area contributed by atoms with Gasteiger partial charge in [-0.3, -0.25) is 9.59 Å². The van der Waals surface area contributed by atoms with Crippen LogP contribution in [0, 0.1) is 5.92 Å². The normalized spacial score (nSPS) is 17.0. The number of ether oxygens (including phenoxy) is 1. The number of para-hydroxylation sites is 1. The minimum Gasteiger partial charge on any atom is -0.451 e. The molecule has 0 N–H and O–H groups in total. The van der Waals surface area contributed by atoms with Gasteiger partial charge < -0.3 is 14.1 Å². The molecule has 0 saturated carbocycles. The fourth-order valence-corrected chi connectivity index (χ4v) is 3.67. The fraction of sp³-hybridized carbons (Fsp3) is 0.304. The Kier molecular flexibility index (Phi) is 5.53. The lowest BCUT2D eigenvalue weighted by molar-refractivity contribution is 0.0408. The molecular formula is C23H23NO4. The molecule has 0 aliphatic carbocycles. The monoisotopic (exact) mass is 377 g/mol. The number of benzene rings is 2. The average molecular weight is 377 g/mol. The first-order valence-corrected chi connectivity index (χ1v) is 9.64. The van der Waals surface area contributed by atoms with Gasteiger partial charge in [-0.2, -0.15) is 0 Å². The Labute approximate surface area is 163 Å². The number of fused-ring (bicyclic) bond motifs is 1. The van der Waals surface area contributed by atoms with Crippen LogP contribution in [-0.4, -0.2) is 30.5 Å². The lowest BCUT2D eigenvalue weighted by atomic mass is 9.98. The zero-order valence-electron chi connectivity index (χ0n) is 15.7. The molecule has 2 heterocycles. The first-order chi connectivity index (χ1) is 13.7. The van der Waals surface area contributed by atoms with Crippen molar-refractivity contribution in [3.05, 3.63) is 82.2 Å². The number of hydrogen-bond donors (Lipinski definition) is 0. The molecule has 1 fully saturated rings. The summed E-state index contributed by atoms with van der Waals surface area (Å²) in [5.41, 5.74) is 1.40. The molecule has 4 rings (SSSR count). The predicted octanol–water partition coefficient (Wildman–Crippen LogP) is 3.86. The van der Waals surface area contributed by atoms with E-state index in [1.807, 2.05) is 30.3 Å². The van der Waals surface area contributed by atoms with Gasteiger partial charge in [-0.15, -0.1) is 0 Å². The third-order valence-electron chi connectivity index (χ3n) is 5.12. The van der Waals surface area contributed by atoms with Crippen molar-refractivity contribution in [3.63, 3.8) is 0 Å². The van der Waals surface area contributed by atoms with E-state index in [0.717, 1.165) is 18.4 Å². The lowest BCUT2D eigenvalue weighted by Crippen LogP contribution is -2.41. The Bertz CT molecular complexity index is 1010. The van der Waals surface area contributed by atoms with Crippen molar-refractivity contribution in [2.24, 2.45) is 5.92 Å². The lowest BCUT2D eigenvalue weighted by Gasteiger charge is -2.32. The van der Waals surface area contributed by atoms with Crippen molar-refractivity contribution in [1.29, 1.82) is 0 Å². The Morgan fingerprint density at radius 1 is 1.11 bits per heavy atom. The number of hydrogen-bond acceptors (Lipinski definition) is 4. The van der Waals surface area contributed by atoms with E-state index in [0.29, 0.717) is 37.3 Å². The SMILES string of the molecule is O=C(c1cc(=O)c2ccccc2o1)N1CCCC(COCc2ccccc2)C1. The van der Waals surface area contributed by atoms with Crippen LogP contribution in [0.15, 0.2) is 69.9 Å². The summed E-state index contributed by atoms with van der Waals surface area (Å²) in [6.07, 6.45) is 1.95. The molecule has 1 atom stereocenters. The fourth-order valence-electron chi connectivity index (χ4n) is 3.67. The number of carbonyl (C=O) groups excluding carboxylic acids is 1. The maximum atomic E-state index is 12.9. The summed E-state index contributed by atoms with van der Waals surface area (Å²) in [5.74, 6) is 0.166. The highest BCUT2D eigenvalue weighted by Crippen LogP contribution is 2.20. The van der Waals surface area contributed by atoms with Crippen LogP contribution in [-0.2, 0) is 11.3 Å². The van der Waals surface area contributed by atoms with Gasteiger partial charge in [-0.1, -0.05) is 42.5 Å². The van der Waals surface area contributed by atoms with Crippen LogP contribution in [0.4, 0.5) is 0 Å². The molecule has 1 amide bonds. The van der Waals surface area contributed by atoms with Crippen LogP contribution >= 0.6 is 0 Å². The second-order valence-electron chi connectivity index (χ2n) is 7.23. The zero-order chi connectivity index (χ0) is 19.3. The number of likely N-dealkylation sites (tertiary alicyclic amines) is 1. The van der Waals surface area contributed by atoms with Crippen LogP contribution in [0.25, 0.3) is 11.0 Å². The number of amides is 1. The van der Waals surface area contributed by atoms with Crippen LogP contribution in [0.3, 0.4) is 0 Å². The molecule has 1 unspecified atom stereocenters. The highest BCUT2D eigenvalue weighted by atomic mass is 16.5. The van der Waals surface area contributed by atoms with Gasteiger partial charge in [-0.25, -0.2) is 0 Å². The number of rotatable bonds is 5. The average Bonchev–Trinajstić information content (AvgIpc) is 2.74. The molecule has 0 radical (unpaired) electrons. The Morgan fingerprint density at radius 3 is 2.75 bits per heavy atom. The van der Waals surface area contributed by atoms with Crippen molar-refractivity contribution in [3.8, 4) is 0 Å². The van der Waals surface area contributed by atoms with Gasteiger partial charge in [0.25, 0.3) is 5.91 Å². The molecule has 5 heteroatoms. The van der Waals surface area contributed by atoms with E-state index in [2.05, 4.69) is 0 Å². The highest BCUT2D eigenvalue weighted by Gasteiger charge is 2.26. The third-order valence-corrected chi connectivity index (χ3v) is 5.12. The van der Waals surface area contributed by atoms with E-state index in [-0.39, 0.29) is 23.0 Å². The standard InChI is InChI=1S/C23H23NO4/c25-20-13-22(28-21-11-5-4-10-19(20)21)23(26)24-12-6-9-18(14-24)16-27-15-17-7-2-1-3-8-17/h1-5,7-8,10-11,13,18H,6,9,12,14-16H2. The largest absolute Gasteiger partial charge is 0.451 e. The molecule has 1 aliphatic rings. The van der Waals surface area contributed by atoms with Gasteiger partial charge in [0.15, 0.2) is 11.2 Å². The molecule has 2 aromatic carbocycles. The second-order valence-corrected chi connectivity index (χ2v) is 7.23. The minimum atomic E-state index is -0.226. The molecule has 5 nitrogen and oxygen atoms in total. The second kappa shape index (κ2) is 8.40. The maximum absolute atomic E-state index is 12.9. The summed E-state index contributed by atoms with van der Waals surface area (Å²) in [6.45, 7) is 2.47. The highest BCUT2D eigenvalue weighted by molar-refractivity contribution is 5.93. The van der Waals surface area contributed by atoms with Crippen molar-refractivity contribution < 1.29 is 13.9 Å². The van der Waals surface area contributed by atoms with Gasteiger partial charge in [0.2, 0.25) is 0 Å².